The summed E-state index contributed by atoms with van der Waals surface area (Å²) in [7, 11) is 0. The van der Waals surface area contributed by atoms with Crippen LogP contribution >= 0.6 is 0 Å². The van der Waals surface area contributed by atoms with Crippen LogP contribution in [0.2, 0.25) is 0 Å². The molecule has 1 aromatic carbocycles. The molecule has 1 amide bonds. The highest BCUT2D eigenvalue weighted by atomic mass is 16.1. The van der Waals surface area contributed by atoms with Gasteiger partial charge in [-0.3, -0.25) is 14.8 Å². The Morgan fingerprint density at radius 2 is 2.08 bits per heavy atom. The number of pyridine rings is 1. The number of hydrogen-bond donors (Lipinski definition) is 2. The smallest absolute Gasteiger partial charge is 0.270 e. The topological polar surface area (TPSA) is 80.4 Å². The molecule has 0 aliphatic heterocycles. The lowest BCUT2D eigenvalue weighted by Gasteiger charge is -2.27. The van der Waals surface area contributed by atoms with E-state index in [1.807, 2.05) is 44.2 Å². The first kappa shape index (κ1) is 17.9. The van der Waals surface area contributed by atoms with Gasteiger partial charge >= 0.3 is 0 Å². The maximum Gasteiger partial charge on any atom is 0.270 e. The monoisotopic (exact) mass is 348 g/mol. The maximum atomic E-state index is 12.5. The van der Waals surface area contributed by atoms with Crippen LogP contribution in [0.1, 0.15) is 40.9 Å². The molecule has 1 aromatic heterocycles. The summed E-state index contributed by atoms with van der Waals surface area (Å²) >= 11 is 0. The van der Waals surface area contributed by atoms with Gasteiger partial charge in [0.2, 0.25) is 0 Å². The molecule has 1 aliphatic carbocycles. The summed E-state index contributed by atoms with van der Waals surface area (Å²) in [5.74, 6) is -0.188. The van der Waals surface area contributed by atoms with Crippen LogP contribution in [0.3, 0.4) is 0 Å². The van der Waals surface area contributed by atoms with E-state index in [4.69, 9.17) is 10.7 Å². The predicted octanol–water partition coefficient (Wildman–Crippen LogP) is 3.60. The molecule has 3 N–H and O–H groups in total. The quantitative estimate of drug-likeness (QED) is 0.889. The minimum Gasteiger partial charge on any atom is -0.404 e. The largest absolute Gasteiger partial charge is 0.404 e. The minimum absolute atomic E-state index is 0.146. The van der Waals surface area contributed by atoms with Gasteiger partial charge in [0.25, 0.3) is 5.91 Å². The Balaban J connectivity index is 1.81. The molecule has 3 rings (SSSR count). The summed E-state index contributed by atoms with van der Waals surface area (Å²) in [6.45, 7) is 3.98. The van der Waals surface area contributed by atoms with Crippen LogP contribution in [0.25, 0.3) is 0 Å². The number of amides is 1. The summed E-state index contributed by atoms with van der Waals surface area (Å²) in [4.78, 5) is 21.5. The summed E-state index contributed by atoms with van der Waals surface area (Å²) in [5, 5.41) is 3.06. The van der Waals surface area contributed by atoms with Crippen molar-refractivity contribution in [3.05, 3.63) is 71.2 Å². The Morgan fingerprint density at radius 3 is 2.77 bits per heavy atom. The molecule has 0 spiro atoms. The second-order valence-corrected chi connectivity index (χ2v) is 6.61. The van der Waals surface area contributed by atoms with Crippen molar-refractivity contribution >= 4 is 17.3 Å². The second-order valence-electron chi connectivity index (χ2n) is 6.61. The zero-order valence-electron chi connectivity index (χ0n) is 15.2. The highest BCUT2D eigenvalue weighted by Crippen LogP contribution is 2.26. The highest BCUT2D eigenvalue weighted by Gasteiger charge is 2.26. The molecule has 26 heavy (non-hydrogen) atoms. The molecule has 5 nitrogen and oxygen atoms in total. The van der Waals surface area contributed by atoms with Gasteiger partial charge in [-0.2, -0.15) is 0 Å². The van der Waals surface area contributed by atoms with Crippen molar-refractivity contribution in [1.82, 2.24) is 10.3 Å². The molecule has 1 saturated carbocycles. The lowest BCUT2D eigenvalue weighted by Crippen LogP contribution is -2.41. The number of nitrogens with zero attached hydrogens (tertiary/aromatic N) is 2. The number of carbonyl (C=O) groups excluding carboxylic acids is 1. The number of aromatic nitrogens is 1. The van der Waals surface area contributed by atoms with Gasteiger partial charge in [0, 0.05) is 23.7 Å². The average Bonchev–Trinajstić information content (AvgIpc) is 2.64. The zero-order chi connectivity index (χ0) is 18.5. The van der Waals surface area contributed by atoms with Gasteiger partial charge in [0.1, 0.15) is 5.69 Å². The van der Waals surface area contributed by atoms with Gasteiger partial charge < -0.3 is 11.1 Å². The van der Waals surface area contributed by atoms with E-state index < -0.39 is 0 Å². The predicted molar refractivity (Wildman–Crippen MR) is 105 cm³/mol. The number of aliphatic imine (C=N–C) groups is 1. The molecule has 2 aromatic rings. The zero-order valence-corrected chi connectivity index (χ0v) is 15.2. The number of hydrogen-bond acceptors (Lipinski definition) is 4. The first-order valence-electron chi connectivity index (χ1n) is 8.87. The number of benzene rings is 1. The number of para-hydroxylation sites is 1. The number of nitrogens with one attached hydrogen (secondary N) is 1. The van der Waals surface area contributed by atoms with E-state index in [0.717, 1.165) is 47.4 Å². The van der Waals surface area contributed by atoms with E-state index >= 15 is 0 Å². The SMILES string of the molecule is Cc1ccc(C(=O)NC2CCCC(=Nc3ccccc3C)C2=CN)nc1. The summed E-state index contributed by atoms with van der Waals surface area (Å²) in [5.41, 5.74) is 11.2. The number of nitrogens with two attached hydrogens (primary N) is 1. The molecule has 1 fully saturated rings. The first-order chi connectivity index (χ1) is 12.6. The standard InChI is InChI=1S/C21H24N4O/c1-14-10-11-20(23-13-14)21(26)25-19-9-5-8-18(16(19)12-22)24-17-7-4-3-6-15(17)2/h3-4,6-7,10-13,19H,5,8-9,22H2,1-2H3,(H,25,26). The molecule has 5 heteroatoms. The number of carbonyl (C=O) groups is 1. The van der Waals surface area contributed by atoms with Crippen LogP contribution in [-0.2, 0) is 0 Å². The minimum atomic E-state index is -0.188. The third kappa shape index (κ3) is 3.99. The fourth-order valence-electron chi connectivity index (χ4n) is 3.13. The lowest BCUT2D eigenvalue weighted by atomic mass is 9.88. The molecule has 0 radical (unpaired) electrons. The van der Waals surface area contributed by atoms with E-state index in [1.165, 1.54) is 0 Å². The van der Waals surface area contributed by atoms with Crippen molar-refractivity contribution in [3.63, 3.8) is 0 Å². The Kier molecular flexibility index (Phi) is 5.46. The maximum absolute atomic E-state index is 12.5. The van der Waals surface area contributed by atoms with Gasteiger partial charge in [0.05, 0.1) is 11.7 Å². The average molecular weight is 348 g/mol. The Morgan fingerprint density at radius 1 is 1.27 bits per heavy atom. The van der Waals surface area contributed by atoms with E-state index in [1.54, 1.807) is 18.5 Å². The van der Waals surface area contributed by atoms with Gasteiger partial charge in [0.15, 0.2) is 0 Å². The summed E-state index contributed by atoms with van der Waals surface area (Å²) in [6, 6.07) is 11.5. The van der Waals surface area contributed by atoms with Crippen molar-refractivity contribution in [1.29, 1.82) is 0 Å². The van der Waals surface area contributed by atoms with Gasteiger partial charge in [-0.1, -0.05) is 24.3 Å². The fourth-order valence-corrected chi connectivity index (χ4v) is 3.13. The molecule has 0 saturated heterocycles. The van der Waals surface area contributed by atoms with Crippen LogP contribution in [0, 0.1) is 13.8 Å². The molecule has 0 bridgehead atoms. The van der Waals surface area contributed by atoms with Crippen LogP contribution in [0.15, 0.2) is 59.4 Å². The molecule has 1 unspecified atom stereocenters. The van der Waals surface area contributed by atoms with Gasteiger partial charge in [-0.05, 0) is 56.4 Å². The lowest BCUT2D eigenvalue weighted by molar-refractivity contribution is 0.0936. The van der Waals surface area contributed by atoms with E-state index in [9.17, 15) is 4.79 Å². The second kappa shape index (κ2) is 7.95. The molecule has 134 valence electrons. The third-order valence-electron chi connectivity index (χ3n) is 4.61. The van der Waals surface area contributed by atoms with E-state index in [-0.39, 0.29) is 11.9 Å². The molecule has 1 aliphatic rings. The molecule has 1 heterocycles. The van der Waals surface area contributed by atoms with Crippen molar-refractivity contribution in [2.75, 3.05) is 0 Å². The van der Waals surface area contributed by atoms with Crippen molar-refractivity contribution in [2.45, 2.75) is 39.2 Å². The Bertz CT molecular complexity index is 853. The van der Waals surface area contributed by atoms with Gasteiger partial charge in [-0.15, -0.1) is 0 Å². The Hall–Kier alpha value is -2.95. The van der Waals surface area contributed by atoms with Gasteiger partial charge in [-0.25, -0.2) is 0 Å². The van der Waals surface area contributed by atoms with Crippen LogP contribution < -0.4 is 11.1 Å². The molecule has 1 atom stereocenters. The highest BCUT2D eigenvalue weighted by molar-refractivity contribution is 6.04. The van der Waals surface area contributed by atoms with Crippen molar-refractivity contribution in [2.24, 2.45) is 10.7 Å². The summed E-state index contributed by atoms with van der Waals surface area (Å²) in [6.07, 6.45) is 5.92. The Labute approximate surface area is 154 Å². The molecular formula is C21H24N4O. The van der Waals surface area contributed by atoms with Crippen LogP contribution in [0.5, 0.6) is 0 Å². The number of rotatable bonds is 3. The van der Waals surface area contributed by atoms with Crippen molar-refractivity contribution < 1.29 is 4.79 Å². The van der Waals surface area contributed by atoms with E-state index in [0.29, 0.717) is 5.69 Å². The third-order valence-corrected chi connectivity index (χ3v) is 4.61. The summed E-state index contributed by atoms with van der Waals surface area (Å²) < 4.78 is 0. The van der Waals surface area contributed by atoms with E-state index in [2.05, 4.69) is 10.3 Å². The number of aryl methyl sites for hydroxylation is 2. The normalized spacial score (nSPS) is 20.3. The molecular weight excluding hydrogens is 324 g/mol. The fraction of sp³-hybridized carbons (Fsp3) is 0.286. The van der Waals surface area contributed by atoms with Crippen molar-refractivity contribution in [3.8, 4) is 0 Å². The van der Waals surface area contributed by atoms with Crippen LogP contribution in [-0.4, -0.2) is 22.6 Å². The van der Waals surface area contributed by atoms with Crippen LogP contribution in [0.4, 0.5) is 5.69 Å². The first-order valence-corrected chi connectivity index (χ1v) is 8.87.